The van der Waals surface area contributed by atoms with Crippen LogP contribution in [0.3, 0.4) is 0 Å². The first-order chi connectivity index (χ1) is 17.8. The van der Waals surface area contributed by atoms with Crippen molar-refractivity contribution in [2.75, 3.05) is 27.3 Å². The Bertz CT molecular complexity index is 1080. The number of hydrogen-bond acceptors (Lipinski definition) is 5. The van der Waals surface area contributed by atoms with Gasteiger partial charge in [0.1, 0.15) is 11.5 Å². The first-order valence-electron chi connectivity index (χ1n) is 13.6. The number of nitrogens with one attached hydrogen (secondary N) is 2. The Labute approximate surface area is 227 Å². The van der Waals surface area contributed by atoms with E-state index in [2.05, 4.69) is 48.4 Å². The minimum absolute atomic E-state index is 0.0662. The van der Waals surface area contributed by atoms with E-state index < -0.39 is 0 Å². The molecule has 0 aliphatic carbocycles. The van der Waals surface area contributed by atoms with E-state index in [1.54, 1.807) is 25.3 Å². The van der Waals surface area contributed by atoms with Crippen molar-refractivity contribution in [1.29, 1.82) is 0 Å². The monoisotopic (exact) mass is 527 g/mol. The second-order valence-corrected chi connectivity index (χ2v) is 11.0. The zero-order chi connectivity index (χ0) is 26.5. The number of piperidine rings is 1. The van der Waals surface area contributed by atoms with E-state index in [9.17, 15) is 4.79 Å². The largest absolute Gasteiger partial charge is 0.495 e. The molecule has 0 aromatic heterocycles. The number of rotatable bonds is 11. The number of methoxy groups -OCH3 is 1. The van der Waals surface area contributed by atoms with Crippen LogP contribution in [0.5, 0.6) is 11.5 Å². The third kappa shape index (κ3) is 6.24. The number of ether oxygens (including phenoxy) is 2. The molecule has 7 heteroatoms. The van der Waals surface area contributed by atoms with Gasteiger partial charge in [0.15, 0.2) is 0 Å². The van der Waals surface area contributed by atoms with Crippen LogP contribution >= 0.6 is 11.6 Å². The van der Waals surface area contributed by atoms with Gasteiger partial charge in [0.05, 0.1) is 18.7 Å². The lowest BCUT2D eigenvalue weighted by Gasteiger charge is -2.43. The van der Waals surface area contributed by atoms with Crippen LogP contribution in [0.25, 0.3) is 0 Å². The molecular formula is C30H42ClN3O3. The summed E-state index contributed by atoms with van der Waals surface area (Å²) in [6, 6.07) is 11.1. The summed E-state index contributed by atoms with van der Waals surface area (Å²) in [5.74, 6) is 1.51. The van der Waals surface area contributed by atoms with Crippen LogP contribution in [0.1, 0.15) is 78.5 Å². The molecule has 4 rings (SSSR count). The van der Waals surface area contributed by atoms with Gasteiger partial charge in [-0.2, -0.15) is 0 Å². The zero-order valence-corrected chi connectivity index (χ0v) is 23.7. The number of halogens is 1. The molecule has 2 aliphatic heterocycles. The van der Waals surface area contributed by atoms with Crippen molar-refractivity contribution in [1.82, 2.24) is 15.5 Å². The molecule has 2 fully saturated rings. The summed E-state index contributed by atoms with van der Waals surface area (Å²) >= 11 is 6.24. The van der Waals surface area contributed by atoms with Gasteiger partial charge < -0.3 is 20.1 Å². The number of carbonyl (C=O) groups is 1. The van der Waals surface area contributed by atoms with Crippen LogP contribution in [-0.2, 0) is 0 Å². The fourth-order valence-corrected chi connectivity index (χ4v) is 6.47. The molecule has 3 unspecified atom stereocenters. The van der Waals surface area contributed by atoms with Gasteiger partial charge in [-0.3, -0.25) is 9.69 Å². The van der Waals surface area contributed by atoms with Crippen molar-refractivity contribution in [2.24, 2.45) is 0 Å². The second-order valence-electron chi connectivity index (χ2n) is 10.6. The number of unbranched alkanes of at least 4 members (excludes halogenated alkanes) is 1. The van der Waals surface area contributed by atoms with E-state index in [0.717, 1.165) is 44.6 Å². The first-order valence-corrected chi connectivity index (χ1v) is 14.0. The number of benzene rings is 2. The fourth-order valence-electron chi connectivity index (χ4n) is 6.21. The van der Waals surface area contributed by atoms with Gasteiger partial charge >= 0.3 is 0 Å². The molecule has 1 amide bonds. The Balaban J connectivity index is 1.38. The molecule has 2 N–H and O–H groups in total. The normalized spacial score (nSPS) is 22.1. The van der Waals surface area contributed by atoms with Crippen molar-refractivity contribution < 1.29 is 14.3 Å². The summed E-state index contributed by atoms with van der Waals surface area (Å²) in [6.07, 6.45) is 6.49. The van der Waals surface area contributed by atoms with Crippen LogP contribution in [0.2, 0.25) is 5.02 Å². The van der Waals surface area contributed by atoms with Gasteiger partial charge in [-0.05, 0) is 114 Å². The van der Waals surface area contributed by atoms with Gasteiger partial charge in [0, 0.05) is 29.7 Å². The predicted molar refractivity (Wildman–Crippen MR) is 150 cm³/mol. The Morgan fingerprint density at radius 3 is 2.43 bits per heavy atom. The summed E-state index contributed by atoms with van der Waals surface area (Å²) in [6.45, 7) is 8.52. The van der Waals surface area contributed by atoms with E-state index in [-0.39, 0.29) is 11.9 Å². The summed E-state index contributed by atoms with van der Waals surface area (Å²) in [5.41, 5.74) is 4.52. The second kappa shape index (κ2) is 12.5. The number of carbonyl (C=O) groups excluding carboxylic acids is 1. The maximum absolute atomic E-state index is 12.9. The topological polar surface area (TPSA) is 62.8 Å². The van der Waals surface area contributed by atoms with Gasteiger partial charge in [0.2, 0.25) is 0 Å². The lowest BCUT2D eigenvalue weighted by Crippen LogP contribution is -2.51. The summed E-state index contributed by atoms with van der Waals surface area (Å²) in [7, 11) is 3.56. The summed E-state index contributed by atoms with van der Waals surface area (Å²) in [4.78, 5) is 15.6. The molecule has 2 saturated heterocycles. The molecule has 2 aromatic carbocycles. The van der Waals surface area contributed by atoms with E-state index >= 15 is 0 Å². The van der Waals surface area contributed by atoms with Gasteiger partial charge in [-0.1, -0.05) is 17.7 Å². The molecule has 3 atom stereocenters. The molecular weight excluding hydrogens is 486 g/mol. The number of nitrogens with zero attached hydrogens (tertiary/aromatic N) is 1. The van der Waals surface area contributed by atoms with Crippen LogP contribution in [-0.4, -0.2) is 56.2 Å². The molecule has 0 radical (unpaired) electrons. The van der Waals surface area contributed by atoms with Crippen LogP contribution in [0.15, 0.2) is 30.3 Å². The summed E-state index contributed by atoms with van der Waals surface area (Å²) < 4.78 is 11.3. The molecule has 0 spiro atoms. The predicted octanol–water partition coefficient (Wildman–Crippen LogP) is 5.83. The number of amides is 1. The third-order valence-corrected chi connectivity index (χ3v) is 8.59. The maximum Gasteiger partial charge on any atom is 0.251 e. The minimum Gasteiger partial charge on any atom is -0.495 e. The van der Waals surface area contributed by atoms with E-state index in [0.29, 0.717) is 34.5 Å². The number of hydrogen-bond donors (Lipinski definition) is 2. The molecule has 2 aliphatic rings. The molecule has 6 nitrogen and oxygen atoms in total. The molecule has 2 bridgehead atoms. The SMILES string of the molecule is CNCCCCOc1ccc(C(C)N2C3CCC2CC(NC(=O)c2ccc(OC)c(Cl)c2)C3)c(C)c1C. The van der Waals surface area contributed by atoms with E-state index in [4.69, 9.17) is 21.1 Å². The van der Waals surface area contributed by atoms with Crippen LogP contribution < -0.4 is 20.1 Å². The Kier molecular flexibility index (Phi) is 9.38. The molecule has 0 saturated carbocycles. The zero-order valence-electron chi connectivity index (χ0n) is 22.9. The average molecular weight is 528 g/mol. The smallest absolute Gasteiger partial charge is 0.251 e. The maximum atomic E-state index is 12.9. The molecule has 202 valence electrons. The lowest BCUT2D eigenvalue weighted by molar-refractivity contribution is 0.0689. The highest BCUT2D eigenvalue weighted by Crippen LogP contribution is 2.43. The highest BCUT2D eigenvalue weighted by molar-refractivity contribution is 6.32. The Hall–Kier alpha value is -2.28. The van der Waals surface area contributed by atoms with Crippen molar-refractivity contribution in [3.8, 4) is 11.5 Å². The van der Waals surface area contributed by atoms with Gasteiger partial charge in [-0.25, -0.2) is 0 Å². The van der Waals surface area contributed by atoms with E-state index in [1.165, 1.54) is 29.5 Å². The minimum atomic E-state index is -0.0662. The fraction of sp³-hybridized carbons (Fsp3) is 0.567. The molecule has 37 heavy (non-hydrogen) atoms. The standard InChI is InChI=1S/C30H42ClN3O3/c1-19-20(2)28(37-15-7-6-14-32-4)13-11-26(19)21(3)34-24-9-10-25(34)18-23(17-24)33-30(35)22-8-12-29(36-5)27(31)16-22/h8,11-13,16,21,23-25,32H,6-7,9-10,14-15,17-18H2,1-5H3,(H,33,35). The quantitative estimate of drug-likeness (QED) is 0.360. The van der Waals surface area contributed by atoms with Crippen molar-refractivity contribution in [3.05, 3.63) is 57.6 Å². The van der Waals surface area contributed by atoms with Crippen LogP contribution in [0.4, 0.5) is 0 Å². The molecule has 2 heterocycles. The highest BCUT2D eigenvalue weighted by Gasteiger charge is 2.43. The van der Waals surface area contributed by atoms with Crippen molar-refractivity contribution >= 4 is 17.5 Å². The van der Waals surface area contributed by atoms with Gasteiger partial charge in [-0.15, -0.1) is 0 Å². The van der Waals surface area contributed by atoms with Crippen molar-refractivity contribution in [2.45, 2.75) is 83.5 Å². The Morgan fingerprint density at radius 1 is 1.08 bits per heavy atom. The summed E-state index contributed by atoms with van der Waals surface area (Å²) in [5, 5.41) is 6.91. The molecule has 2 aromatic rings. The van der Waals surface area contributed by atoms with Gasteiger partial charge in [0.25, 0.3) is 5.91 Å². The lowest BCUT2D eigenvalue weighted by atomic mass is 9.91. The number of fused-ring (bicyclic) bond motifs is 2. The van der Waals surface area contributed by atoms with E-state index in [1.807, 2.05) is 7.05 Å². The van der Waals surface area contributed by atoms with Crippen LogP contribution in [0, 0.1) is 13.8 Å². The first kappa shape index (κ1) is 27.7. The van der Waals surface area contributed by atoms with Crippen molar-refractivity contribution in [3.63, 3.8) is 0 Å². The Morgan fingerprint density at radius 2 is 1.78 bits per heavy atom. The highest BCUT2D eigenvalue weighted by atomic mass is 35.5. The third-order valence-electron chi connectivity index (χ3n) is 8.29. The average Bonchev–Trinajstić information content (AvgIpc) is 3.16.